The second-order valence-corrected chi connectivity index (χ2v) is 1.36. The normalized spacial score (nSPS) is 9.00. The van der Waals surface area contributed by atoms with Gasteiger partial charge in [-0.3, -0.25) is 4.98 Å². The molecule has 4 heteroatoms. The van der Waals surface area contributed by atoms with Crippen LogP contribution in [0.4, 0.5) is 0 Å². The minimum Gasteiger partial charge on any atom is -0.320 e. The van der Waals surface area contributed by atoms with Gasteiger partial charge in [-0.15, -0.1) is 0 Å². The molecular weight excluding hydrogens is 120 g/mol. The fourth-order valence-corrected chi connectivity index (χ4v) is 0.449. The largest absolute Gasteiger partial charge is 0.320 e. The maximum atomic E-state index is 4.62. The number of rotatable bonds is 2. The Morgan fingerprint density at radius 1 is 1.33 bits per heavy atom. The van der Waals surface area contributed by atoms with Crippen molar-refractivity contribution in [2.45, 2.75) is 0 Å². The van der Waals surface area contributed by atoms with E-state index in [4.69, 9.17) is 0 Å². The third-order valence-corrected chi connectivity index (χ3v) is 0.794. The molecule has 1 aromatic rings. The quantitative estimate of drug-likeness (QED) is 0.456. The van der Waals surface area contributed by atoms with Crippen molar-refractivity contribution >= 4 is 0 Å². The summed E-state index contributed by atoms with van der Waals surface area (Å²) in [5.41, 5.74) is 0. The van der Waals surface area contributed by atoms with Gasteiger partial charge in [-0.2, -0.15) is 5.90 Å². The summed E-state index contributed by atoms with van der Waals surface area (Å²) in [5, 5.41) is 0. The van der Waals surface area contributed by atoms with Crippen LogP contribution in [-0.2, 0) is 4.99 Å². The van der Waals surface area contributed by atoms with Crippen molar-refractivity contribution in [3.8, 4) is 5.75 Å². The SMILES string of the molecule is NOOc1ccncc1. The van der Waals surface area contributed by atoms with E-state index in [1.54, 1.807) is 24.5 Å². The number of hydrogen-bond donors (Lipinski definition) is 1. The molecule has 0 atom stereocenters. The van der Waals surface area contributed by atoms with E-state index in [-0.39, 0.29) is 0 Å². The lowest BCUT2D eigenvalue weighted by Crippen LogP contribution is -2.02. The molecule has 1 rings (SSSR count). The second kappa shape index (κ2) is 3.01. The number of nitrogens with two attached hydrogens (primary N) is 1. The van der Waals surface area contributed by atoms with Gasteiger partial charge in [-0.1, -0.05) is 4.99 Å². The lowest BCUT2D eigenvalue weighted by molar-refractivity contribution is -0.211. The lowest BCUT2D eigenvalue weighted by Gasteiger charge is -1.95. The van der Waals surface area contributed by atoms with E-state index in [2.05, 4.69) is 20.8 Å². The summed E-state index contributed by atoms with van der Waals surface area (Å²) in [6.45, 7) is 0. The molecular formula is C5H6N2O2. The molecule has 2 N–H and O–H groups in total. The van der Waals surface area contributed by atoms with Gasteiger partial charge < -0.3 is 4.89 Å². The molecule has 4 nitrogen and oxygen atoms in total. The smallest absolute Gasteiger partial charge is 0.170 e. The predicted molar refractivity (Wildman–Crippen MR) is 30.1 cm³/mol. The van der Waals surface area contributed by atoms with Gasteiger partial charge in [-0.25, -0.2) is 0 Å². The summed E-state index contributed by atoms with van der Waals surface area (Å²) in [4.78, 5) is 12.1. The Labute approximate surface area is 52.1 Å². The van der Waals surface area contributed by atoms with E-state index < -0.39 is 0 Å². The zero-order valence-corrected chi connectivity index (χ0v) is 4.65. The lowest BCUT2D eigenvalue weighted by atomic mass is 10.5. The van der Waals surface area contributed by atoms with Crippen LogP contribution in [0.5, 0.6) is 5.75 Å². The van der Waals surface area contributed by atoms with Crippen molar-refractivity contribution in [1.29, 1.82) is 0 Å². The molecule has 0 saturated heterocycles. The van der Waals surface area contributed by atoms with Crippen LogP contribution in [0.1, 0.15) is 0 Å². The molecule has 0 saturated carbocycles. The van der Waals surface area contributed by atoms with E-state index in [1.807, 2.05) is 0 Å². The molecule has 0 aliphatic heterocycles. The van der Waals surface area contributed by atoms with Gasteiger partial charge in [0.2, 0.25) is 0 Å². The van der Waals surface area contributed by atoms with Crippen molar-refractivity contribution in [1.82, 2.24) is 4.98 Å². The zero-order chi connectivity index (χ0) is 6.53. The Morgan fingerprint density at radius 3 is 2.56 bits per heavy atom. The summed E-state index contributed by atoms with van der Waals surface area (Å²) < 4.78 is 0. The van der Waals surface area contributed by atoms with Crippen LogP contribution >= 0.6 is 0 Å². The fourth-order valence-electron chi connectivity index (χ4n) is 0.449. The van der Waals surface area contributed by atoms with Gasteiger partial charge in [0, 0.05) is 24.5 Å². The number of hydrogen-bond acceptors (Lipinski definition) is 4. The van der Waals surface area contributed by atoms with Crippen LogP contribution in [0.3, 0.4) is 0 Å². The van der Waals surface area contributed by atoms with Crippen LogP contribution < -0.4 is 10.8 Å². The van der Waals surface area contributed by atoms with Gasteiger partial charge >= 0.3 is 0 Å². The van der Waals surface area contributed by atoms with Crippen molar-refractivity contribution < 1.29 is 9.88 Å². The monoisotopic (exact) mass is 126 g/mol. The van der Waals surface area contributed by atoms with Crippen LogP contribution in [0.25, 0.3) is 0 Å². The molecule has 0 fully saturated rings. The Balaban J connectivity index is 2.61. The predicted octanol–water partition coefficient (Wildman–Crippen LogP) is 0.266. The highest BCUT2D eigenvalue weighted by atomic mass is 17.3. The summed E-state index contributed by atoms with van der Waals surface area (Å²) in [6.07, 6.45) is 3.16. The van der Waals surface area contributed by atoms with E-state index in [1.165, 1.54) is 0 Å². The maximum absolute atomic E-state index is 4.62. The topological polar surface area (TPSA) is 57.4 Å². The van der Waals surface area contributed by atoms with E-state index >= 15 is 0 Å². The summed E-state index contributed by atoms with van der Waals surface area (Å²) >= 11 is 0. The second-order valence-electron chi connectivity index (χ2n) is 1.36. The van der Waals surface area contributed by atoms with Crippen LogP contribution in [0.15, 0.2) is 24.5 Å². The van der Waals surface area contributed by atoms with Gasteiger partial charge in [0.15, 0.2) is 5.75 Å². The van der Waals surface area contributed by atoms with Crippen LogP contribution in [-0.4, -0.2) is 4.98 Å². The van der Waals surface area contributed by atoms with E-state index in [0.717, 1.165) is 0 Å². The molecule has 0 spiro atoms. The van der Waals surface area contributed by atoms with Crippen LogP contribution in [0, 0.1) is 0 Å². The minimum absolute atomic E-state index is 0.535. The highest BCUT2D eigenvalue weighted by Gasteiger charge is 1.87. The first-order valence-electron chi connectivity index (χ1n) is 2.37. The first-order chi connectivity index (χ1) is 4.43. The maximum Gasteiger partial charge on any atom is 0.170 e. The molecule has 0 aliphatic carbocycles. The van der Waals surface area contributed by atoms with E-state index in [9.17, 15) is 0 Å². The third kappa shape index (κ3) is 1.67. The molecule has 1 aromatic heterocycles. The number of pyridine rings is 1. The van der Waals surface area contributed by atoms with Gasteiger partial charge in [0.1, 0.15) is 0 Å². The summed E-state index contributed by atoms with van der Waals surface area (Å²) in [6, 6.07) is 3.26. The average molecular weight is 126 g/mol. The van der Waals surface area contributed by atoms with Crippen molar-refractivity contribution in [3.05, 3.63) is 24.5 Å². The minimum atomic E-state index is 0.535. The number of aromatic nitrogens is 1. The Bertz CT molecular complexity index is 166. The molecule has 1 heterocycles. The van der Waals surface area contributed by atoms with Gasteiger partial charge in [0.25, 0.3) is 0 Å². The molecule has 0 aliphatic rings. The van der Waals surface area contributed by atoms with Crippen LogP contribution in [0.2, 0.25) is 0 Å². The van der Waals surface area contributed by atoms with Gasteiger partial charge in [-0.05, 0) is 0 Å². The first kappa shape index (κ1) is 6.00. The molecule has 9 heavy (non-hydrogen) atoms. The van der Waals surface area contributed by atoms with E-state index in [0.29, 0.717) is 5.75 Å². The zero-order valence-electron chi connectivity index (χ0n) is 4.65. The number of nitrogens with zero attached hydrogens (tertiary/aromatic N) is 1. The highest BCUT2D eigenvalue weighted by molar-refractivity contribution is 5.15. The molecule has 0 bridgehead atoms. The first-order valence-corrected chi connectivity index (χ1v) is 2.37. The average Bonchev–Trinajstić information content (AvgIpc) is 1.91. The Morgan fingerprint density at radius 2 is 2.00 bits per heavy atom. The highest BCUT2D eigenvalue weighted by Crippen LogP contribution is 2.04. The molecule has 0 amide bonds. The molecule has 0 radical (unpaired) electrons. The summed E-state index contributed by atoms with van der Waals surface area (Å²) in [7, 11) is 0. The molecule has 48 valence electrons. The van der Waals surface area contributed by atoms with Crippen molar-refractivity contribution in [2.24, 2.45) is 5.90 Å². The standard InChI is InChI=1S/C5H6N2O2/c6-9-8-5-1-3-7-4-2-5/h1-4H,6H2. The Hall–Kier alpha value is -1.13. The molecule has 0 unspecified atom stereocenters. The third-order valence-electron chi connectivity index (χ3n) is 0.794. The Kier molecular flexibility index (Phi) is 2.00. The van der Waals surface area contributed by atoms with Gasteiger partial charge in [0.05, 0.1) is 0 Å². The molecule has 0 aromatic carbocycles. The van der Waals surface area contributed by atoms with Crippen molar-refractivity contribution in [3.63, 3.8) is 0 Å². The van der Waals surface area contributed by atoms with Crippen molar-refractivity contribution in [2.75, 3.05) is 0 Å². The summed E-state index contributed by atoms with van der Waals surface area (Å²) in [5.74, 6) is 5.15. The fraction of sp³-hybridized carbons (Fsp3) is 0.